The van der Waals surface area contributed by atoms with Gasteiger partial charge in [-0.3, -0.25) is 0 Å². The molecule has 0 unspecified atom stereocenters. The van der Waals surface area contributed by atoms with Crippen molar-refractivity contribution < 1.29 is 0 Å². The SMILES string of the molecule is C[Si](C)(C)[Si]CCc1ccccc1. The molecule has 0 saturated heterocycles. The third-order valence-electron chi connectivity index (χ3n) is 1.91. The number of hydrogen-bond donors (Lipinski definition) is 0. The molecule has 0 aliphatic heterocycles. The van der Waals surface area contributed by atoms with Gasteiger partial charge in [-0.2, -0.15) is 0 Å². The quantitative estimate of drug-likeness (QED) is 0.664. The molecule has 1 aromatic rings. The van der Waals surface area contributed by atoms with Crippen LogP contribution in [0.3, 0.4) is 0 Å². The molecule has 0 amide bonds. The minimum absolute atomic E-state index is 0.783. The fourth-order valence-corrected chi connectivity index (χ4v) is 5.02. The first-order chi connectivity index (χ1) is 6.08. The second kappa shape index (κ2) is 4.77. The molecule has 0 bridgehead atoms. The number of rotatable bonds is 4. The average Bonchev–Trinajstić information content (AvgIpc) is 2.04. The summed E-state index contributed by atoms with van der Waals surface area (Å²) in [5.41, 5.74) is 1.49. The average molecular weight is 206 g/mol. The van der Waals surface area contributed by atoms with Gasteiger partial charge < -0.3 is 0 Å². The molecule has 0 aliphatic carbocycles. The molecule has 70 valence electrons. The van der Waals surface area contributed by atoms with Gasteiger partial charge in [0.25, 0.3) is 0 Å². The van der Waals surface area contributed by atoms with Crippen molar-refractivity contribution >= 4 is 16.6 Å². The summed E-state index contributed by atoms with van der Waals surface area (Å²) in [5, 5.41) is 0. The van der Waals surface area contributed by atoms with Crippen molar-refractivity contribution in [3.63, 3.8) is 0 Å². The molecule has 0 spiro atoms. The van der Waals surface area contributed by atoms with E-state index in [2.05, 4.69) is 50.0 Å². The highest BCUT2D eigenvalue weighted by molar-refractivity contribution is 7.23. The third kappa shape index (κ3) is 5.06. The fraction of sp³-hybridized carbons (Fsp3) is 0.455. The number of hydrogen-bond acceptors (Lipinski definition) is 0. The smallest absolute Gasteiger partial charge is 0.0327 e. The zero-order chi connectivity index (χ0) is 9.73. The molecule has 0 fully saturated rings. The van der Waals surface area contributed by atoms with E-state index in [9.17, 15) is 0 Å². The zero-order valence-corrected chi connectivity index (χ0v) is 10.8. The molecule has 0 saturated carbocycles. The summed E-state index contributed by atoms with van der Waals surface area (Å²) in [6.45, 7) is 7.36. The van der Waals surface area contributed by atoms with Crippen molar-refractivity contribution in [2.24, 2.45) is 0 Å². The van der Waals surface area contributed by atoms with E-state index >= 15 is 0 Å². The van der Waals surface area contributed by atoms with Gasteiger partial charge in [0.2, 0.25) is 0 Å². The van der Waals surface area contributed by atoms with E-state index in [1.54, 1.807) is 0 Å². The fourth-order valence-electron chi connectivity index (χ4n) is 1.23. The Morgan fingerprint density at radius 3 is 2.23 bits per heavy atom. The lowest BCUT2D eigenvalue weighted by atomic mass is 10.2. The zero-order valence-electron chi connectivity index (χ0n) is 8.80. The van der Waals surface area contributed by atoms with Gasteiger partial charge in [0.1, 0.15) is 0 Å². The van der Waals surface area contributed by atoms with Crippen LogP contribution in [0.4, 0.5) is 0 Å². The first kappa shape index (κ1) is 10.7. The summed E-state index contributed by atoms with van der Waals surface area (Å²) in [4.78, 5) is 0. The van der Waals surface area contributed by atoms with E-state index in [0.29, 0.717) is 0 Å². The Hall–Kier alpha value is -0.346. The standard InChI is InChI=1S/C11H18Si2/c1-13(2,3)12-10-9-11-7-5-4-6-8-11/h4-8H,9-10H2,1-3H3. The Morgan fingerprint density at radius 1 is 1.08 bits per heavy atom. The maximum absolute atomic E-state index is 2.45. The van der Waals surface area contributed by atoms with Crippen molar-refractivity contribution in [1.29, 1.82) is 0 Å². The highest BCUT2D eigenvalue weighted by atomic mass is 29.2. The van der Waals surface area contributed by atoms with Gasteiger partial charge in [0.15, 0.2) is 0 Å². The van der Waals surface area contributed by atoms with E-state index in [-0.39, 0.29) is 0 Å². The summed E-state index contributed by atoms with van der Waals surface area (Å²) < 4.78 is 0. The second-order valence-electron chi connectivity index (χ2n) is 4.41. The van der Waals surface area contributed by atoms with Gasteiger partial charge in [0.05, 0.1) is 0 Å². The van der Waals surface area contributed by atoms with Crippen LogP contribution in [0.2, 0.25) is 25.7 Å². The van der Waals surface area contributed by atoms with Gasteiger partial charge in [-0.15, -0.1) is 0 Å². The van der Waals surface area contributed by atoms with Crippen molar-refractivity contribution in [2.75, 3.05) is 0 Å². The molecule has 1 aromatic carbocycles. The Labute approximate surface area is 85.0 Å². The molecular weight excluding hydrogens is 188 g/mol. The Kier molecular flexibility index (Phi) is 3.94. The minimum atomic E-state index is -0.783. The molecule has 0 aromatic heterocycles. The van der Waals surface area contributed by atoms with Crippen molar-refractivity contribution in [3.8, 4) is 0 Å². The van der Waals surface area contributed by atoms with Crippen LogP contribution in [-0.4, -0.2) is 16.6 Å². The first-order valence-corrected chi connectivity index (χ1v) is 10.6. The van der Waals surface area contributed by atoms with Crippen LogP contribution in [0.1, 0.15) is 5.56 Å². The molecule has 13 heavy (non-hydrogen) atoms. The molecular formula is C11H18Si2. The lowest BCUT2D eigenvalue weighted by Gasteiger charge is -2.13. The van der Waals surface area contributed by atoms with E-state index in [0.717, 1.165) is 0 Å². The van der Waals surface area contributed by atoms with Gasteiger partial charge in [-0.1, -0.05) is 56.0 Å². The third-order valence-corrected chi connectivity index (χ3v) is 7.40. The summed E-state index contributed by atoms with van der Waals surface area (Å²) in [7, 11) is 0.423. The highest BCUT2D eigenvalue weighted by Gasteiger charge is 2.12. The van der Waals surface area contributed by atoms with Crippen LogP contribution < -0.4 is 0 Å². The number of benzene rings is 1. The highest BCUT2D eigenvalue weighted by Crippen LogP contribution is 2.06. The van der Waals surface area contributed by atoms with E-state index < -0.39 is 7.59 Å². The van der Waals surface area contributed by atoms with Crippen LogP contribution in [0.25, 0.3) is 0 Å². The molecule has 0 nitrogen and oxygen atoms in total. The van der Waals surface area contributed by atoms with Gasteiger partial charge in [-0.05, 0) is 12.0 Å². The molecule has 2 radical (unpaired) electrons. The van der Waals surface area contributed by atoms with E-state index in [1.165, 1.54) is 27.1 Å². The van der Waals surface area contributed by atoms with Crippen LogP contribution >= 0.6 is 0 Å². The maximum atomic E-state index is 2.45. The lowest BCUT2D eigenvalue weighted by molar-refractivity contribution is 1.13. The molecule has 0 N–H and O–H groups in total. The maximum Gasteiger partial charge on any atom is 0.0327 e. The predicted molar refractivity (Wildman–Crippen MR) is 64.1 cm³/mol. The lowest BCUT2D eigenvalue weighted by Crippen LogP contribution is -2.29. The Morgan fingerprint density at radius 2 is 1.69 bits per heavy atom. The van der Waals surface area contributed by atoms with Crippen LogP contribution in [0.15, 0.2) is 30.3 Å². The van der Waals surface area contributed by atoms with Gasteiger partial charge in [-0.25, -0.2) is 0 Å². The van der Waals surface area contributed by atoms with Gasteiger partial charge >= 0.3 is 0 Å². The van der Waals surface area contributed by atoms with Crippen molar-refractivity contribution in [3.05, 3.63) is 35.9 Å². The second-order valence-corrected chi connectivity index (χ2v) is 15.3. The van der Waals surface area contributed by atoms with Crippen LogP contribution in [0.5, 0.6) is 0 Å². The molecule has 0 aliphatic rings. The molecule has 2 heteroatoms. The van der Waals surface area contributed by atoms with E-state index in [1.807, 2.05) is 0 Å². The molecule has 0 atom stereocenters. The van der Waals surface area contributed by atoms with Crippen molar-refractivity contribution in [2.45, 2.75) is 32.1 Å². The van der Waals surface area contributed by atoms with Gasteiger partial charge in [0, 0.05) is 16.6 Å². The first-order valence-electron chi connectivity index (χ1n) is 4.87. The summed E-state index contributed by atoms with van der Waals surface area (Å²) in [6.07, 6.45) is 1.27. The normalized spacial score (nSPS) is 11.6. The minimum Gasteiger partial charge on any atom is -0.0719 e. The summed E-state index contributed by atoms with van der Waals surface area (Å²) in [6, 6.07) is 12.2. The predicted octanol–water partition coefficient (Wildman–Crippen LogP) is 3.19. The number of aryl methyl sites for hydroxylation is 1. The Balaban J connectivity index is 2.29. The van der Waals surface area contributed by atoms with E-state index in [4.69, 9.17) is 0 Å². The molecule has 1 rings (SSSR count). The van der Waals surface area contributed by atoms with Crippen LogP contribution in [0, 0.1) is 0 Å². The van der Waals surface area contributed by atoms with Crippen LogP contribution in [-0.2, 0) is 6.42 Å². The monoisotopic (exact) mass is 206 g/mol. The topological polar surface area (TPSA) is 0 Å². The summed E-state index contributed by atoms with van der Waals surface area (Å²) in [5.74, 6) is 0. The molecule has 0 heterocycles. The Bertz CT molecular complexity index is 236. The summed E-state index contributed by atoms with van der Waals surface area (Å²) >= 11 is 0. The largest absolute Gasteiger partial charge is 0.0719 e. The van der Waals surface area contributed by atoms with Crippen molar-refractivity contribution in [1.82, 2.24) is 0 Å².